The fraction of sp³-hybridized carbons (Fsp3) is 0.440. The molecule has 3 heteroatoms. The van der Waals surface area contributed by atoms with E-state index in [1.807, 2.05) is 0 Å². The number of allylic oxidation sites excluding steroid dienone is 1. The number of hydrogen-bond acceptors (Lipinski definition) is 2. The van der Waals surface area contributed by atoms with E-state index in [1.54, 1.807) is 0 Å². The maximum atomic E-state index is 6.34. The minimum absolute atomic E-state index is 0.261. The Morgan fingerprint density at radius 1 is 0.893 bits per heavy atom. The molecule has 2 aromatic carbocycles. The van der Waals surface area contributed by atoms with Crippen molar-refractivity contribution in [2.75, 3.05) is 6.61 Å². The molecule has 0 aliphatic carbocycles. The number of benzene rings is 2. The Hall–Kier alpha value is -1.84. The van der Waals surface area contributed by atoms with E-state index in [1.165, 1.54) is 16.8 Å². The molecule has 152 valence electrons. The first-order valence-electron chi connectivity index (χ1n) is 10.3. The number of hydrogen-bond donors (Lipinski definition) is 0. The van der Waals surface area contributed by atoms with Crippen molar-refractivity contribution in [3.8, 4) is 0 Å². The van der Waals surface area contributed by atoms with Crippen LogP contribution in [0.25, 0.3) is 0 Å². The fourth-order valence-electron chi connectivity index (χ4n) is 2.87. The molecule has 0 saturated carbocycles. The van der Waals surface area contributed by atoms with Crippen molar-refractivity contribution in [1.82, 2.24) is 4.90 Å². The second-order valence-corrected chi connectivity index (χ2v) is 13.9. The largest absolute Gasteiger partial charge is 0.417 e. The summed E-state index contributed by atoms with van der Waals surface area (Å²) in [7, 11) is -1.67. The molecule has 0 heterocycles. The molecular formula is C25H37NOSi. The minimum atomic E-state index is -1.67. The third kappa shape index (κ3) is 6.96. The monoisotopic (exact) mass is 395 g/mol. The van der Waals surface area contributed by atoms with Crippen molar-refractivity contribution in [2.45, 2.75) is 64.8 Å². The first-order chi connectivity index (χ1) is 13.2. The molecule has 28 heavy (non-hydrogen) atoms. The molecule has 0 amide bonds. The molecule has 0 unspecified atom stereocenters. The van der Waals surface area contributed by atoms with Crippen molar-refractivity contribution in [2.24, 2.45) is 0 Å². The highest BCUT2D eigenvalue weighted by Crippen LogP contribution is 2.36. The maximum absolute atomic E-state index is 6.34. The Bertz CT molecular complexity index is 678. The molecule has 0 spiro atoms. The molecule has 0 fully saturated rings. The van der Waals surface area contributed by atoms with Gasteiger partial charge in [0.05, 0.1) is 0 Å². The lowest BCUT2D eigenvalue weighted by atomic mass is 10.1. The van der Waals surface area contributed by atoms with Crippen LogP contribution in [0.15, 0.2) is 72.9 Å². The minimum Gasteiger partial charge on any atom is -0.417 e. The van der Waals surface area contributed by atoms with Crippen molar-refractivity contribution < 1.29 is 4.43 Å². The van der Waals surface area contributed by atoms with Gasteiger partial charge in [-0.05, 0) is 42.1 Å². The van der Waals surface area contributed by atoms with Gasteiger partial charge in [-0.2, -0.15) is 0 Å². The zero-order chi connectivity index (χ0) is 20.6. The molecule has 0 N–H and O–H groups in total. The summed E-state index contributed by atoms with van der Waals surface area (Å²) in [6.45, 7) is 18.5. The van der Waals surface area contributed by atoms with Gasteiger partial charge in [-0.1, -0.05) is 88.0 Å². The second-order valence-electron chi connectivity index (χ2n) is 9.11. The van der Waals surface area contributed by atoms with Gasteiger partial charge in [0, 0.05) is 25.4 Å². The lowest BCUT2D eigenvalue weighted by Crippen LogP contribution is -2.41. The predicted octanol–water partition coefficient (Wildman–Crippen LogP) is 7.00. The molecule has 2 nitrogen and oxygen atoms in total. The molecular weight excluding hydrogens is 358 g/mol. The highest BCUT2D eigenvalue weighted by Gasteiger charge is 2.36. The third-order valence-electron chi connectivity index (χ3n) is 5.76. The molecule has 0 aliphatic rings. The van der Waals surface area contributed by atoms with Gasteiger partial charge in [-0.25, -0.2) is 0 Å². The van der Waals surface area contributed by atoms with Gasteiger partial charge in [-0.3, -0.25) is 0 Å². The van der Waals surface area contributed by atoms with Gasteiger partial charge in [0.15, 0.2) is 8.32 Å². The van der Waals surface area contributed by atoms with E-state index < -0.39 is 8.32 Å². The van der Waals surface area contributed by atoms with Gasteiger partial charge in [0.2, 0.25) is 0 Å². The Kier molecular flexibility index (Phi) is 8.08. The number of nitrogens with zero attached hydrogens (tertiary/aromatic N) is 1. The van der Waals surface area contributed by atoms with Crippen LogP contribution >= 0.6 is 0 Å². The summed E-state index contributed by atoms with van der Waals surface area (Å²) in [4.78, 5) is 2.40. The molecule has 2 aromatic rings. The Morgan fingerprint density at radius 3 is 1.79 bits per heavy atom. The first-order valence-corrected chi connectivity index (χ1v) is 13.2. The van der Waals surface area contributed by atoms with Crippen LogP contribution in [0.3, 0.4) is 0 Å². The SMILES string of the molecule is C=C(CCCO[Si](C)(C)C(C)(C)C)N(Cc1ccccc1)Cc1ccccc1. The normalized spacial score (nSPS) is 12.0. The van der Waals surface area contributed by atoms with E-state index in [0.29, 0.717) is 0 Å². The van der Waals surface area contributed by atoms with E-state index in [4.69, 9.17) is 4.43 Å². The standard InChI is InChI=1S/C25H37NOSi/c1-22(14-13-19-27-28(5,6)25(2,3)4)26(20-23-15-9-7-10-16-23)21-24-17-11-8-12-18-24/h7-12,15-18H,1,13-14,19-21H2,2-6H3. The lowest BCUT2D eigenvalue weighted by molar-refractivity contribution is 0.267. The van der Waals surface area contributed by atoms with Gasteiger partial charge in [0.1, 0.15) is 0 Å². The molecule has 0 atom stereocenters. The van der Waals surface area contributed by atoms with Gasteiger partial charge in [-0.15, -0.1) is 0 Å². The van der Waals surface area contributed by atoms with Crippen molar-refractivity contribution in [1.29, 1.82) is 0 Å². The summed E-state index contributed by atoms with van der Waals surface area (Å²) in [5.41, 5.74) is 3.82. The first kappa shape index (κ1) is 22.4. The van der Waals surface area contributed by atoms with E-state index in [0.717, 1.165) is 32.5 Å². The van der Waals surface area contributed by atoms with Crippen LogP contribution in [0.1, 0.15) is 44.7 Å². The summed E-state index contributed by atoms with van der Waals surface area (Å²) in [6.07, 6.45) is 1.99. The molecule has 0 radical (unpaired) electrons. The number of rotatable bonds is 10. The second kappa shape index (κ2) is 10.1. The zero-order valence-corrected chi connectivity index (χ0v) is 19.4. The van der Waals surface area contributed by atoms with E-state index in [9.17, 15) is 0 Å². The van der Waals surface area contributed by atoms with Crippen molar-refractivity contribution >= 4 is 8.32 Å². The third-order valence-corrected chi connectivity index (χ3v) is 10.3. The van der Waals surface area contributed by atoms with Crippen LogP contribution < -0.4 is 0 Å². The van der Waals surface area contributed by atoms with E-state index in [-0.39, 0.29) is 5.04 Å². The fourth-order valence-corrected chi connectivity index (χ4v) is 3.95. The van der Waals surface area contributed by atoms with Crippen LogP contribution in [0.2, 0.25) is 18.1 Å². The summed E-state index contributed by atoms with van der Waals surface area (Å²) in [5, 5.41) is 0.261. The Labute approximate surface area is 173 Å². The summed E-state index contributed by atoms with van der Waals surface area (Å²) < 4.78 is 6.34. The maximum Gasteiger partial charge on any atom is 0.191 e. The highest BCUT2D eigenvalue weighted by molar-refractivity contribution is 6.74. The van der Waals surface area contributed by atoms with Gasteiger partial charge >= 0.3 is 0 Å². The average Bonchev–Trinajstić information content (AvgIpc) is 2.65. The predicted molar refractivity (Wildman–Crippen MR) is 124 cm³/mol. The summed E-state index contributed by atoms with van der Waals surface area (Å²) in [6, 6.07) is 21.3. The van der Waals surface area contributed by atoms with Crippen LogP contribution in [-0.4, -0.2) is 19.8 Å². The lowest BCUT2D eigenvalue weighted by Gasteiger charge is -2.36. The summed E-state index contributed by atoms with van der Waals surface area (Å²) in [5.74, 6) is 0. The average molecular weight is 396 g/mol. The molecule has 0 saturated heterocycles. The summed E-state index contributed by atoms with van der Waals surface area (Å²) >= 11 is 0. The van der Waals surface area contributed by atoms with Gasteiger partial charge in [0.25, 0.3) is 0 Å². The molecule has 2 rings (SSSR count). The quantitative estimate of drug-likeness (QED) is 0.317. The van der Waals surface area contributed by atoms with E-state index in [2.05, 4.69) is 106 Å². The molecule has 0 aromatic heterocycles. The highest BCUT2D eigenvalue weighted by atomic mass is 28.4. The molecule has 0 bridgehead atoms. The Balaban J connectivity index is 1.95. The van der Waals surface area contributed by atoms with E-state index >= 15 is 0 Å². The van der Waals surface area contributed by atoms with Crippen LogP contribution in [-0.2, 0) is 17.5 Å². The zero-order valence-electron chi connectivity index (χ0n) is 18.4. The topological polar surface area (TPSA) is 12.5 Å². The molecule has 0 aliphatic heterocycles. The van der Waals surface area contributed by atoms with Gasteiger partial charge < -0.3 is 9.33 Å². The smallest absolute Gasteiger partial charge is 0.191 e. The Morgan fingerprint density at radius 2 is 1.36 bits per heavy atom. The van der Waals surface area contributed by atoms with Crippen LogP contribution in [0.4, 0.5) is 0 Å². The van der Waals surface area contributed by atoms with Crippen molar-refractivity contribution in [3.63, 3.8) is 0 Å². The van der Waals surface area contributed by atoms with Crippen molar-refractivity contribution in [3.05, 3.63) is 84.1 Å². The van der Waals surface area contributed by atoms with Crippen LogP contribution in [0.5, 0.6) is 0 Å². The van der Waals surface area contributed by atoms with Crippen LogP contribution in [0, 0.1) is 0 Å².